The normalized spacial score (nSPS) is 19.5. The number of hydrogen-bond donors (Lipinski definition) is 1. The van der Waals surface area contributed by atoms with Gasteiger partial charge in [-0.1, -0.05) is 44.2 Å². The van der Waals surface area contributed by atoms with Crippen molar-refractivity contribution in [2.45, 2.75) is 25.9 Å². The maximum atomic E-state index is 12.9. The van der Waals surface area contributed by atoms with Gasteiger partial charge >= 0.3 is 0 Å². The SMILES string of the molecule is CNC(=O)[C@]1(Cc2ccccc2-c2cccnc2)CN(C(=O)C(C)C)CCO1. The van der Waals surface area contributed by atoms with Crippen molar-refractivity contribution in [2.75, 3.05) is 26.7 Å². The van der Waals surface area contributed by atoms with Gasteiger partial charge in [-0.25, -0.2) is 0 Å². The molecule has 0 spiro atoms. The van der Waals surface area contributed by atoms with E-state index < -0.39 is 5.60 Å². The number of amides is 2. The van der Waals surface area contributed by atoms with E-state index in [1.165, 1.54) is 0 Å². The Hall–Kier alpha value is -2.73. The number of nitrogens with one attached hydrogen (secondary N) is 1. The summed E-state index contributed by atoms with van der Waals surface area (Å²) < 4.78 is 6.05. The highest BCUT2D eigenvalue weighted by Gasteiger charge is 2.45. The average molecular weight is 381 g/mol. The minimum Gasteiger partial charge on any atom is -0.361 e. The van der Waals surface area contributed by atoms with Crippen LogP contribution in [0.15, 0.2) is 48.8 Å². The van der Waals surface area contributed by atoms with E-state index in [9.17, 15) is 9.59 Å². The van der Waals surface area contributed by atoms with Gasteiger partial charge in [0.05, 0.1) is 13.2 Å². The maximum absolute atomic E-state index is 12.9. The zero-order valence-electron chi connectivity index (χ0n) is 16.6. The first-order valence-electron chi connectivity index (χ1n) is 9.60. The van der Waals surface area contributed by atoms with Crippen molar-refractivity contribution in [1.82, 2.24) is 15.2 Å². The van der Waals surface area contributed by atoms with Crippen LogP contribution in [0.5, 0.6) is 0 Å². The largest absolute Gasteiger partial charge is 0.361 e. The van der Waals surface area contributed by atoms with E-state index in [4.69, 9.17) is 4.74 Å². The molecule has 0 saturated carbocycles. The van der Waals surface area contributed by atoms with Crippen LogP contribution in [0.3, 0.4) is 0 Å². The van der Waals surface area contributed by atoms with E-state index in [0.29, 0.717) is 19.6 Å². The third-order valence-electron chi connectivity index (χ3n) is 5.10. The molecule has 28 heavy (non-hydrogen) atoms. The molecule has 148 valence electrons. The van der Waals surface area contributed by atoms with E-state index in [0.717, 1.165) is 16.7 Å². The van der Waals surface area contributed by atoms with Gasteiger partial charge in [0.15, 0.2) is 5.60 Å². The minimum absolute atomic E-state index is 0.0390. The quantitative estimate of drug-likeness (QED) is 0.863. The van der Waals surface area contributed by atoms with Crippen molar-refractivity contribution < 1.29 is 14.3 Å². The Labute approximate surface area is 165 Å². The summed E-state index contributed by atoms with van der Waals surface area (Å²) in [5, 5.41) is 2.73. The average Bonchev–Trinajstić information content (AvgIpc) is 2.73. The second kappa shape index (κ2) is 8.52. The number of benzene rings is 1. The van der Waals surface area contributed by atoms with Gasteiger partial charge in [-0.05, 0) is 17.2 Å². The van der Waals surface area contributed by atoms with Crippen LogP contribution in [0.1, 0.15) is 19.4 Å². The van der Waals surface area contributed by atoms with Crippen molar-refractivity contribution in [2.24, 2.45) is 5.92 Å². The number of hydrogen-bond acceptors (Lipinski definition) is 4. The molecule has 2 heterocycles. The van der Waals surface area contributed by atoms with E-state index >= 15 is 0 Å². The number of carbonyl (C=O) groups excluding carboxylic acids is 2. The predicted octanol–water partition coefficient (Wildman–Crippen LogP) is 2.29. The summed E-state index contributed by atoms with van der Waals surface area (Å²) in [6.45, 7) is 4.82. The van der Waals surface area contributed by atoms with E-state index in [2.05, 4.69) is 10.3 Å². The van der Waals surface area contributed by atoms with Gasteiger partial charge in [0, 0.05) is 43.9 Å². The highest BCUT2D eigenvalue weighted by Crippen LogP contribution is 2.30. The van der Waals surface area contributed by atoms with Crippen molar-refractivity contribution >= 4 is 11.8 Å². The third kappa shape index (κ3) is 4.07. The Morgan fingerprint density at radius 2 is 2.04 bits per heavy atom. The Bertz CT molecular complexity index is 838. The molecule has 6 heteroatoms. The maximum Gasteiger partial charge on any atom is 0.254 e. The topological polar surface area (TPSA) is 71.5 Å². The highest BCUT2D eigenvalue weighted by atomic mass is 16.5. The van der Waals surface area contributed by atoms with E-state index in [1.807, 2.05) is 56.4 Å². The molecule has 2 amide bonds. The number of aromatic nitrogens is 1. The molecule has 1 aliphatic heterocycles. The lowest BCUT2D eigenvalue weighted by Crippen LogP contribution is -2.62. The number of ether oxygens (including phenoxy) is 1. The fourth-order valence-corrected chi connectivity index (χ4v) is 3.68. The second-order valence-electron chi connectivity index (χ2n) is 7.41. The molecular formula is C22H27N3O3. The second-order valence-corrected chi connectivity index (χ2v) is 7.41. The summed E-state index contributed by atoms with van der Waals surface area (Å²) in [5.74, 6) is -0.296. The lowest BCUT2D eigenvalue weighted by molar-refractivity contribution is -0.167. The van der Waals surface area contributed by atoms with E-state index in [-0.39, 0.29) is 24.3 Å². The first kappa shape index (κ1) is 20.0. The first-order chi connectivity index (χ1) is 13.5. The summed E-state index contributed by atoms with van der Waals surface area (Å²) in [4.78, 5) is 31.4. The number of pyridine rings is 1. The van der Waals surface area contributed by atoms with Crippen LogP contribution in [0.25, 0.3) is 11.1 Å². The molecule has 0 radical (unpaired) electrons. The molecule has 0 unspecified atom stereocenters. The van der Waals surface area contributed by atoms with Crippen LogP contribution in [0.4, 0.5) is 0 Å². The van der Waals surface area contributed by atoms with Gasteiger partial charge in [-0.15, -0.1) is 0 Å². The summed E-state index contributed by atoms with van der Waals surface area (Å²) in [7, 11) is 1.60. The predicted molar refractivity (Wildman–Crippen MR) is 108 cm³/mol. The number of carbonyl (C=O) groups is 2. The number of rotatable bonds is 5. The van der Waals surface area contributed by atoms with Crippen molar-refractivity contribution in [3.63, 3.8) is 0 Å². The van der Waals surface area contributed by atoms with Crippen LogP contribution in [0.2, 0.25) is 0 Å². The van der Waals surface area contributed by atoms with E-state index in [1.54, 1.807) is 18.1 Å². The molecule has 1 aliphatic rings. The van der Waals surface area contributed by atoms with Crippen LogP contribution in [-0.2, 0) is 20.7 Å². The van der Waals surface area contributed by atoms with Crippen LogP contribution >= 0.6 is 0 Å². The van der Waals surface area contributed by atoms with Crippen molar-refractivity contribution in [3.05, 3.63) is 54.4 Å². The number of morpholine rings is 1. The van der Waals surface area contributed by atoms with Gasteiger partial charge in [0.1, 0.15) is 0 Å². The molecule has 1 fully saturated rings. The fraction of sp³-hybridized carbons (Fsp3) is 0.409. The van der Waals surface area contributed by atoms with Gasteiger partial charge in [-0.2, -0.15) is 0 Å². The summed E-state index contributed by atoms with van der Waals surface area (Å²) >= 11 is 0. The summed E-state index contributed by atoms with van der Waals surface area (Å²) in [5.41, 5.74) is 1.86. The lowest BCUT2D eigenvalue weighted by Gasteiger charge is -2.42. The van der Waals surface area contributed by atoms with Crippen LogP contribution in [0, 0.1) is 5.92 Å². The molecule has 1 aromatic heterocycles. The Kier molecular flexibility index (Phi) is 6.09. The van der Waals surface area contributed by atoms with Crippen molar-refractivity contribution in [3.8, 4) is 11.1 Å². The number of nitrogens with zero attached hydrogens (tertiary/aromatic N) is 2. The zero-order chi connectivity index (χ0) is 20.1. The molecule has 1 N–H and O–H groups in total. The molecular weight excluding hydrogens is 354 g/mol. The zero-order valence-corrected chi connectivity index (χ0v) is 16.6. The first-order valence-corrected chi connectivity index (χ1v) is 9.60. The molecule has 0 aliphatic carbocycles. The minimum atomic E-state index is -1.12. The molecule has 0 bridgehead atoms. The number of likely N-dealkylation sites (N-methyl/N-ethyl adjacent to an activating group) is 1. The van der Waals surface area contributed by atoms with Crippen LogP contribution in [-0.4, -0.2) is 54.0 Å². The molecule has 2 aromatic rings. The highest BCUT2D eigenvalue weighted by molar-refractivity contribution is 5.88. The monoisotopic (exact) mass is 381 g/mol. The lowest BCUT2D eigenvalue weighted by atomic mass is 9.87. The fourth-order valence-electron chi connectivity index (χ4n) is 3.68. The van der Waals surface area contributed by atoms with Gasteiger partial charge in [0.25, 0.3) is 5.91 Å². The van der Waals surface area contributed by atoms with Gasteiger partial charge in [-0.3, -0.25) is 14.6 Å². The summed E-state index contributed by atoms with van der Waals surface area (Å²) in [6, 6.07) is 11.8. The molecule has 1 aromatic carbocycles. The Morgan fingerprint density at radius 1 is 1.25 bits per heavy atom. The van der Waals surface area contributed by atoms with Crippen molar-refractivity contribution in [1.29, 1.82) is 0 Å². The standard InChI is InChI=1S/C22H27N3O3/c1-16(2)20(26)25-11-12-28-22(15-25,21(27)23-3)13-17-7-4-5-9-19(17)18-8-6-10-24-14-18/h4-10,14,16H,11-13,15H2,1-3H3,(H,23,27)/t22-/m0/s1. The molecule has 3 rings (SSSR count). The van der Waals surface area contributed by atoms with Gasteiger partial charge in [0.2, 0.25) is 5.91 Å². The van der Waals surface area contributed by atoms with Gasteiger partial charge < -0.3 is 15.0 Å². The Morgan fingerprint density at radius 3 is 2.71 bits per heavy atom. The summed E-state index contributed by atoms with van der Waals surface area (Å²) in [6.07, 6.45) is 3.92. The smallest absolute Gasteiger partial charge is 0.254 e. The molecule has 1 saturated heterocycles. The Balaban J connectivity index is 1.97. The van der Waals surface area contributed by atoms with Crippen LogP contribution < -0.4 is 5.32 Å². The molecule has 6 nitrogen and oxygen atoms in total. The molecule has 1 atom stereocenters. The third-order valence-corrected chi connectivity index (χ3v) is 5.10.